The molecule has 0 amide bonds. The van der Waals surface area contributed by atoms with Crippen molar-refractivity contribution in [3.05, 3.63) is 144 Å². The molecule has 5 nitrogen and oxygen atoms in total. The first-order valence-corrected chi connectivity index (χ1v) is 14.1. The number of carbonyl (C=O) groups excluding carboxylic acids is 1. The van der Waals surface area contributed by atoms with Crippen LogP contribution in [-0.4, -0.2) is 20.5 Å². The topological polar surface area (TPSA) is 73.8 Å². The van der Waals surface area contributed by atoms with E-state index >= 15 is 0 Å². The van der Waals surface area contributed by atoms with E-state index in [1.807, 2.05) is 120 Å². The number of hydrogen-bond acceptors (Lipinski definition) is 5. The quantitative estimate of drug-likeness (QED) is 0.212. The van der Waals surface area contributed by atoms with E-state index in [1.54, 1.807) is 0 Å². The molecule has 6 heteroatoms. The van der Waals surface area contributed by atoms with E-state index in [9.17, 15) is 4.79 Å². The minimum Gasteiger partial charge on any atom is -0.397 e. The molecule has 0 saturated carbocycles. The molecule has 0 aliphatic rings. The van der Waals surface area contributed by atoms with Crippen LogP contribution in [0.25, 0.3) is 49.5 Å². The highest BCUT2D eigenvalue weighted by Crippen LogP contribution is 2.44. The fraction of sp³-hybridized carbons (Fsp3) is 0. The summed E-state index contributed by atoms with van der Waals surface area (Å²) >= 11 is 1.34. The summed E-state index contributed by atoms with van der Waals surface area (Å²) in [7, 11) is 0. The highest BCUT2D eigenvalue weighted by atomic mass is 32.1. The van der Waals surface area contributed by atoms with Crippen LogP contribution >= 0.6 is 11.3 Å². The SMILES string of the molecule is Nc1c(C(=O)c2ccccc2)sc2nc(-c3ccccc3)cc(-c3cn(-c4ccccc4)nc3-c3ccccc3)c12. The van der Waals surface area contributed by atoms with Gasteiger partial charge in [0, 0.05) is 33.8 Å². The fourth-order valence-electron chi connectivity index (χ4n) is 5.07. The van der Waals surface area contributed by atoms with E-state index in [0.29, 0.717) is 21.0 Å². The zero-order chi connectivity index (χ0) is 27.8. The number of nitrogens with two attached hydrogens (primary N) is 1. The van der Waals surface area contributed by atoms with Gasteiger partial charge in [0.1, 0.15) is 15.4 Å². The van der Waals surface area contributed by atoms with Gasteiger partial charge in [-0.05, 0) is 23.8 Å². The van der Waals surface area contributed by atoms with Crippen molar-refractivity contribution in [2.75, 3.05) is 5.73 Å². The van der Waals surface area contributed by atoms with E-state index in [0.717, 1.165) is 44.7 Å². The summed E-state index contributed by atoms with van der Waals surface area (Å²) in [6.45, 7) is 0. The van der Waals surface area contributed by atoms with Gasteiger partial charge >= 0.3 is 0 Å². The maximum Gasteiger partial charge on any atom is 0.205 e. The Morgan fingerprint density at radius 3 is 1.95 bits per heavy atom. The van der Waals surface area contributed by atoms with Crippen molar-refractivity contribution < 1.29 is 4.79 Å². The number of nitrogens with zero attached hydrogens (tertiary/aromatic N) is 3. The first-order valence-electron chi connectivity index (χ1n) is 13.3. The van der Waals surface area contributed by atoms with Crippen molar-refractivity contribution in [2.45, 2.75) is 0 Å². The van der Waals surface area contributed by atoms with Crippen molar-refractivity contribution in [2.24, 2.45) is 0 Å². The normalized spacial score (nSPS) is 11.1. The maximum absolute atomic E-state index is 13.6. The Kier molecular flexibility index (Phi) is 6.22. The van der Waals surface area contributed by atoms with Gasteiger partial charge in [0.2, 0.25) is 5.78 Å². The molecule has 0 saturated heterocycles. The van der Waals surface area contributed by atoms with Gasteiger partial charge in [-0.3, -0.25) is 4.79 Å². The van der Waals surface area contributed by atoms with Gasteiger partial charge < -0.3 is 5.73 Å². The molecule has 0 unspecified atom stereocenters. The van der Waals surface area contributed by atoms with Crippen LogP contribution in [0.2, 0.25) is 0 Å². The van der Waals surface area contributed by atoms with E-state index in [2.05, 4.69) is 18.2 Å². The number of thiophene rings is 1. The Morgan fingerprint density at radius 2 is 1.29 bits per heavy atom. The highest BCUT2D eigenvalue weighted by Gasteiger charge is 2.25. The molecule has 0 spiro atoms. The van der Waals surface area contributed by atoms with Crippen LogP contribution in [-0.2, 0) is 0 Å². The second-order valence-corrected chi connectivity index (χ2v) is 10.7. The Labute approximate surface area is 241 Å². The lowest BCUT2D eigenvalue weighted by atomic mass is 9.97. The smallest absolute Gasteiger partial charge is 0.205 e. The Morgan fingerprint density at radius 1 is 0.707 bits per heavy atom. The van der Waals surface area contributed by atoms with E-state index < -0.39 is 0 Å². The van der Waals surface area contributed by atoms with Gasteiger partial charge in [-0.2, -0.15) is 5.10 Å². The summed E-state index contributed by atoms with van der Waals surface area (Å²) in [6, 6.07) is 41.5. The zero-order valence-corrected chi connectivity index (χ0v) is 22.8. The minimum absolute atomic E-state index is 0.110. The third kappa shape index (κ3) is 4.50. The Bertz CT molecular complexity index is 2000. The first kappa shape index (κ1) is 24.7. The van der Waals surface area contributed by atoms with Crippen molar-refractivity contribution in [3.63, 3.8) is 0 Å². The third-order valence-electron chi connectivity index (χ3n) is 7.08. The number of aromatic nitrogens is 3. The van der Waals surface area contributed by atoms with Gasteiger partial charge in [-0.1, -0.05) is 109 Å². The molecule has 196 valence electrons. The van der Waals surface area contributed by atoms with Crippen molar-refractivity contribution in [3.8, 4) is 39.3 Å². The molecule has 0 aliphatic carbocycles. The molecule has 3 aromatic heterocycles. The molecule has 2 N–H and O–H groups in total. The molecule has 4 aromatic carbocycles. The number of fused-ring (bicyclic) bond motifs is 1. The van der Waals surface area contributed by atoms with Crippen molar-refractivity contribution in [1.82, 2.24) is 14.8 Å². The molecule has 0 bridgehead atoms. The molecule has 0 fully saturated rings. The second kappa shape index (κ2) is 10.3. The van der Waals surface area contributed by atoms with E-state index in [4.69, 9.17) is 15.8 Å². The number of rotatable bonds is 6. The summed E-state index contributed by atoms with van der Waals surface area (Å²) in [4.78, 5) is 19.8. The van der Waals surface area contributed by atoms with Crippen molar-refractivity contribution >= 4 is 33.0 Å². The van der Waals surface area contributed by atoms with Crippen LogP contribution in [0, 0.1) is 0 Å². The lowest BCUT2D eigenvalue weighted by Crippen LogP contribution is -2.01. The average molecular weight is 549 g/mol. The van der Waals surface area contributed by atoms with Gasteiger partial charge in [0.25, 0.3) is 0 Å². The number of hydrogen-bond donors (Lipinski definition) is 1. The molecular formula is C35H24N4OS. The maximum atomic E-state index is 13.6. The summed E-state index contributed by atoms with van der Waals surface area (Å²) in [5.41, 5.74) is 14.2. The monoisotopic (exact) mass is 548 g/mol. The summed E-state index contributed by atoms with van der Waals surface area (Å²) in [6.07, 6.45) is 2.04. The van der Waals surface area contributed by atoms with Gasteiger partial charge in [0.05, 0.1) is 17.1 Å². The number of para-hydroxylation sites is 1. The molecule has 3 heterocycles. The van der Waals surface area contributed by atoms with Gasteiger partial charge in [-0.15, -0.1) is 11.3 Å². The first-order chi connectivity index (χ1) is 20.2. The van der Waals surface area contributed by atoms with Crippen LogP contribution in [0.15, 0.2) is 134 Å². The Balaban J connectivity index is 1.52. The number of benzene rings is 4. The van der Waals surface area contributed by atoms with E-state index in [1.165, 1.54) is 11.3 Å². The molecule has 41 heavy (non-hydrogen) atoms. The number of ketones is 1. The van der Waals surface area contributed by atoms with Gasteiger partial charge in [0.15, 0.2) is 0 Å². The molecule has 7 rings (SSSR count). The largest absolute Gasteiger partial charge is 0.397 e. The van der Waals surface area contributed by atoms with Crippen LogP contribution in [0.3, 0.4) is 0 Å². The standard InChI is InChI=1S/C35H24N4OS/c36-31-30-27(28-22-39(26-19-11-4-12-20-26)38-32(28)24-15-7-2-8-16-24)21-29(23-13-5-1-6-14-23)37-35(30)41-34(31)33(40)25-17-9-3-10-18-25/h1-22H,36H2. The minimum atomic E-state index is -0.110. The molecule has 7 aromatic rings. The molecular weight excluding hydrogens is 524 g/mol. The predicted molar refractivity (Wildman–Crippen MR) is 167 cm³/mol. The highest BCUT2D eigenvalue weighted by molar-refractivity contribution is 7.21. The molecule has 0 radical (unpaired) electrons. The lowest BCUT2D eigenvalue weighted by molar-refractivity contribution is 0.104. The lowest BCUT2D eigenvalue weighted by Gasteiger charge is -2.09. The second-order valence-electron chi connectivity index (χ2n) is 9.68. The van der Waals surface area contributed by atoms with Crippen LogP contribution in [0.5, 0.6) is 0 Å². The Hall–Kier alpha value is -5.33. The number of pyridine rings is 1. The molecule has 0 aliphatic heterocycles. The summed E-state index contributed by atoms with van der Waals surface area (Å²) in [5, 5.41) is 5.81. The summed E-state index contributed by atoms with van der Waals surface area (Å²) < 4.78 is 1.89. The van der Waals surface area contributed by atoms with Gasteiger partial charge in [-0.25, -0.2) is 9.67 Å². The third-order valence-corrected chi connectivity index (χ3v) is 8.18. The average Bonchev–Trinajstić information content (AvgIpc) is 3.64. The summed E-state index contributed by atoms with van der Waals surface area (Å²) in [5.74, 6) is -0.110. The van der Waals surface area contributed by atoms with Crippen LogP contribution in [0.4, 0.5) is 5.69 Å². The number of carbonyl (C=O) groups is 1. The van der Waals surface area contributed by atoms with Crippen LogP contribution in [0.1, 0.15) is 15.2 Å². The predicted octanol–water partition coefficient (Wildman–Crippen LogP) is 8.30. The zero-order valence-electron chi connectivity index (χ0n) is 21.9. The molecule has 0 atom stereocenters. The van der Waals surface area contributed by atoms with E-state index in [-0.39, 0.29) is 5.78 Å². The van der Waals surface area contributed by atoms with Crippen LogP contribution < -0.4 is 5.73 Å². The number of anilines is 1. The number of nitrogen functional groups attached to an aromatic ring is 1. The van der Waals surface area contributed by atoms with Crippen molar-refractivity contribution in [1.29, 1.82) is 0 Å². The fourth-order valence-corrected chi connectivity index (χ4v) is 6.15.